The Morgan fingerprint density at radius 3 is 2.77 bits per heavy atom. The standard InChI is InChI=1S/C8H14N2O3/c1-10-4-2-3-6(10)5-9-7(11)8(12)13/h6H,2-5H2,1H3,(H,9,11)(H,12,13). The number of hydrogen-bond donors (Lipinski definition) is 2. The van der Waals surface area contributed by atoms with Crippen molar-refractivity contribution in [2.24, 2.45) is 0 Å². The summed E-state index contributed by atoms with van der Waals surface area (Å²) in [6.07, 6.45) is 2.14. The van der Waals surface area contributed by atoms with Crippen molar-refractivity contribution in [1.82, 2.24) is 10.2 Å². The third-order valence-electron chi connectivity index (χ3n) is 2.36. The molecular weight excluding hydrogens is 172 g/mol. The van der Waals surface area contributed by atoms with Gasteiger partial charge in [-0.25, -0.2) is 4.79 Å². The third kappa shape index (κ3) is 2.69. The van der Waals surface area contributed by atoms with Crippen LogP contribution in [0.5, 0.6) is 0 Å². The van der Waals surface area contributed by atoms with E-state index in [9.17, 15) is 9.59 Å². The zero-order valence-electron chi connectivity index (χ0n) is 7.62. The van der Waals surface area contributed by atoms with Crippen LogP contribution in [-0.2, 0) is 9.59 Å². The van der Waals surface area contributed by atoms with Crippen LogP contribution in [-0.4, -0.2) is 48.1 Å². The Bertz CT molecular complexity index is 217. The Morgan fingerprint density at radius 2 is 2.31 bits per heavy atom. The van der Waals surface area contributed by atoms with Gasteiger partial charge < -0.3 is 15.3 Å². The number of hydrogen-bond acceptors (Lipinski definition) is 3. The fourth-order valence-corrected chi connectivity index (χ4v) is 1.52. The summed E-state index contributed by atoms with van der Waals surface area (Å²) in [4.78, 5) is 23.0. The van der Waals surface area contributed by atoms with E-state index in [2.05, 4.69) is 10.2 Å². The lowest BCUT2D eigenvalue weighted by atomic mass is 10.2. The van der Waals surface area contributed by atoms with E-state index in [1.807, 2.05) is 7.05 Å². The second kappa shape index (κ2) is 4.23. The molecule has 1 rings (SSSR count). The minimum atomic E-state index is -1.42. The second-order valence-electron chi connectivity index (χ2n) is 3.29. The number of carboxylic acids is 1. The first-order valence-corrected chi connectivity index (χ1v) is 4.32. The van der Waals surface area contributed by atoms with E-state index in [-0.39, 0.29) is 0 Å². The van der Waals surface area contributed by atoms with Crippen molar-refractivity contribution >= 4 is 11.9 Å². The smallest absolute Gasteiger partial charge is 0.394 e. The molecule has 5 nitrogen and oxygen atoms in total. The summed E-state index contributed by atoms with van der Waals surface area (Å²) in [5.74, 6) is -2.33. The van der Waals surface area contributed by atoms with Crippen molar-refractivity contribution in [3.63, 3.8) is 0 Å². The fourth-order valence-electron chi connectivity index (χ4n) is 1.52. The van der Waals surface area contributed by atoms with Gasteiger partial charge >= 0.3 is 11.9 Å². The van der Waals surface area contributed by atoms with Gasteiger partial charge in [-0.15, -0.1) is 0 Å². The van der Waals surface area contributed by atoms with Crippen molar-refractivity contribution in [2.45, 2.75) is 18.9 Å². The highest BCUT2D eigenvalue weighted by Gasteiger charge is 2.22. The predicted molar refractivity (Wildman–Crippen MR) is 46.3 cm³/mol. The van der Waals surface area contributed by atoms with Gasteiger partial charge in [0.2, 0.25) is 0 Å². The van der Waals surface area contributed by atoms with Gasteiger partial charge in [-0.2, -0.15) is 0 Å². The van der Waals surface area contributed by atoms with Crippen LogP contribution in [0.4, 0.5) is 0 Å². The van der Waals surface area contributed by atoms with Gasteiger partial charge in [-0.05, 0) is 26.4 Å². The Hall–Kier alpha value is -1.10. The molecule has 0 aromatic rings. The highest BCUT2D eigenvalue weighted by Crippen LogP contribution is 2.13. The van der Waals surface area contributed by atoms with E-state index in [1.165, 1.54) is 0 Å². The normalized spacial score (nSPS) is 23.0. The quantitative estimate of drug-likeness (QED) is 0.558. The summed E-state index contributed by atoms with van der Waals surface area (Å²) in [7, 11) is 1.98. The molecule has 74 valence electrons. The molecule has 1 aliphatic heterocycles. The van der Waals surface area contributed by atoms with Gasteiger partial charge in [0, 0.05) is 12.6 Å². The number of likely N-dealkylation sites (tertiary alicyclic amines) is 1. The summed E-state index contributed by atoms with van der Waals surface area (Å²) in [5.41, 5.74) is 0. The minimum Gasteiger partial charge on any atom is -0.474 e. The molecule has 5 heteroatoms. The number of carbonyl (C=O) groups is 2. The topological polar surface area (TPSA) is 69.6 Å². The number of nitrogens with zero attached hydrogens (tertiary/aromatic N) is 1. The van der Waals surface area contributed by atoms with Gasteiger partial charge in [0.15, 0.2) is 0 Å². The van der Waals surface area contributed by atoms with E-state index in [1.54, 1.807) is 0 Å². The molecule has 0 aromatic carbocycles. The van der Waals surface area contributed by atoms with Crippen molar-refractivity contribution in [2.75, 3.05) is 20.1 Å². The van der Waals surface area contributed by atoms with E-state index >= 15 is 0 Å². The number of nitrogens with one attached hydrogen (secondary N) is 1. The average molecular weight is 186 g/mol. The van der Waals surface area contributed by atoms with Crippen LogP contribution in [0.2, 0.25) is 0 Å². The van der Waals surface area contributed by atoms with Gasteiger partial charge in [0.05, 0.1) is 0 Å². The van der Waals surface area contributed by atoms with Crippen LogP contribution >= 0.6 is 0 Å². The first-order chi connectivity index (χ1) is 6.11. The Kier molecular flexibility index (Phi) is 3.25. The molecule has 0 spiro atoms. The zero-order valence-corrected chi connectivity index (χ0v) is 7.62. The largest absolute Gasteiger partial charge is 0.474 e. The summed E-state index contributed by atoms with van der Waals surface area (Å²) in [6, 6.07) is 0.295. The maximum Gasteiger partial charge on any atom is 0.394 e. The summed E-state index contributed by atoms with van der Waals surface area (Å²) in [6.45, 7) is 1.45. The molecule has 2 N–H and O–H groups in total. The van der Waals surface area contributed by atoms with Gasteiger partial charge in [-0.1, -0.05) is 0 Å². The molecule has 1 aliphatic rings. The number of likely N-dealkylation sites (N-methyl/N-ethyl adjacent to an activating group) is 1. The van der Waals surface area contributed by atoms with Crippen LogP contribution in [0.3, 0.4) is 0 Å². The SMILES string of the molecule is CN1CCCC1CNC(=O)C(=O)O. The molecular formula is C8H14N2O3. The van der Waals surface area contributed by atoms with Crippen molar-refractivity contribution in [3.05, 3.63) is 0 Å². The molecule has 1 fully saturated rings. The van der Waals surface area contributed by atoms with Crippen LogP contribution in [0, 0.1) is 0 Å². The molecule has 1 saturated heterocycles. The fraction of sp³-hybridized carbons (Fsp3) is 0.750. The van der Waals surface area contributed by atoms with Crippen molar-refractivity contribution in [3.8, 4) is 0 Å². The minimum absolute atomic E-state index is 0.295. The highest BCUT2D eigenvalue weighted by atomic mass is 16.4. The Balaban J connectivity index is 2.26. The number of rotatable bonds is 2. The molecule has 0 aromatic heterocycles. The van der Waals surface area contributed by atoms with Crippen LogP contribution in [0.15, 0.2) is 0 Å². The first kappa shape index (κ1) is 9.98. The zero-order chi connectivity index (χ0) is 9.84. The van der Waals surface area contributed by atoms with E-state index < -0.39 is 11.9 Å². The maximum atomic E-state index is 10.7. The molecule has 1 heterocycles. The third-order valence-corrected chi connectivity index (χ3v) is 2.36. The molecule has 1 amide bonds. The molecule has 0 radical (unpaired) electrons. The van der Waals surface area contributed by atoms with Gasteiger partial charge in [0.1, 0.15) is 0 Å². The van der Waals surface area contributed by atoms with Crippen molar-refractivity contribution < 1.29 is 14.7 Å². The Morgan fingerprint density at radius 1 is 1.62 bits per heavy atom. The second-order valence-corrected chi connectivity index (χ2v) is 3.29. The van der Waals surface area contributed by atoms with E-state index in [0.29, 0.717) is 12.6 Å². The lowest BCUT2D eigenvalue weighted by Gasteiger charge is -2.18. The lowest BCUT2D eigenvalue weighted by Crippen LogP contribution is -2.40. The maximum absolute atomic E-state index is 10.7. The summed E-state index contributed by atoms with van der Waals surface area (Å²) < 4.78 is 0. The molecule has 0 aliphatic carbocycles. The average Bonchev–Trinajstić information content (AvgIpc) is 2.47. The van der Waals surface area contributed by atoms with E-state index in [0.717, 1.165) is 19.4 Å². The summed E-state index contributed by atoms with van der Waals surface area (Å²) >= 11 is 0. The number of carboxylic acid groups (broad SMARTS) is 1. The lowest BCUT2D eigenvalue weighted by molar-refractivity contribution is -0.150. The molecule has 13 heavy (non-hydrogen) atoms. The highest BCUT2D eigenvalue weighted by molar-refractivity contribution is 6.31. The number of carbonyl (C=O) groups excluding carboxylic acids is 1. The van der Waals surface area contributed by atoms with Crippen molar-refractivity contribution in [1.29, 1.82) is 0 Å². The van der Waals surface area contributed by atoms with Crippen LogP contribution < -0.4 is 5.32 Å². The van der Waals surface area contributed by atoms with Gasteiger partial charge in [0.25, 0.3) is 0 Å². The van der Waals surface area contributed by atoms with E-state index in [4.69, 9.17) is 5.11 Å². The van der Waals surface area contributed by atoms with Gasteiger partial charge in [-0.3, -0.25) is 4.79 Å². The Labute approximate surface area is 76.7 Å². The monoisotopic (exact) mass is 186 g/mol. The molecule has 1 atom stereocenters. The molecule has 1 unspecified atom stereocenters. The summed E-state index contributed by atoms with van der Waals surface area (Å²) in [5, 5.41) is 10.7. The van der Waals surface area contributed by atoms with Crippen LogP contribution in [0.25, 0.3) is 0 Å². The van der Waals surface area contributed by atoms with Crippen LogP contribution in [0.1, 0.15) is 12.8 Å². The first-order valence-electron chi connectivity index (χ1n) is 4.32. The molecule has 0 saturated carbocycles. The molecule has 0 bridgehead atoms. The number of amides is 1. The predicted octanol–water partition coefficient (Wildman–Crippen LogP) is -0.719. The number of aliphatic carboxylic acids is 1.